The highest BCUT2D eigenvalue weighted by molar-refractivity contribution is 9.10. The SMILES string of the molecule is Cc1ccc(C)c(Cn2c(CNC(=O)c3cccc(Br)c3)nc3ccccc32)c1. The molecule has 0 atom stereocenters. The van der Waals surface area contributed by atoms with Crippen LogP contribution in [0.1, 0.15) is 32.9 Å². The number of para-hydroxylation sites is 2. The van der Waals surface area contributed by atoms with Crippen molar-refractivity contribution in [3.05, 3.63) is 99.3 Å². The molecule has 146 valence electrons. The van der Waals surface area contributed by atoms with Gasteiger partial charge in [-0.05, 0) is 55.3 Å². The number of nitrogens with one attached hydrogen (secondary N) is 1. The molecule has 1 N–H and O–H groups in total. The van der Waals surface area contributed by atoms with E-state index in [1.54, 1.807) is 6.07 Å². The Morgan fingerprint density at radius 2 is 1.86 bits per heavy atom. The van der Waals surface area contributed by atoms with Gasteiger partial charge >= 0.3 is 0 Å². The Balaban J connectivity index is 1.64. The van der Waals surface area contributed by atoms with Crippen molar-refractivity contribution < 1.29 is 4.79 Å². The van der Waals surface area contributed by atoms with Gasteiger partial charge in [0.05, 0.1) is 17.6 Å². The van der Waals surface area contributed by atoms with E-state index in [1.807, 2.05) is 36.4 Å². The molecule has 0 aliphatic carbocycles. The van der Waals surface area contributed by atoms with Gasteiger partial charge in [0.25, 0.3) is 5.91 Å². The molecule has 0 bridgehead atoms. The van der Waals surface area contributed by atoms with Gasteiger partial charge in [-0.3, -0.25) is 4.79 Å². The van der Waals surface area contributed by atoms with E-state index in [1.165, 1.54) is 16.7 Å². The maximum absolute atomic E-state index is 12.6. The first kappa shape index (κ1) is 19.4. The van der Waals surface area contributed by atoms with Crippen molar-refractivity contribution in [3.8, 4) is 0 Å². The minimum Gasteiger partial charge on any atom is -0.345 e. The van der Waals surface area contributed by atoms with Gasteiger partial charge in [-0.2, -0.15) is 0 Å². The molecule has 0 aliphatic rings. The predicted molar refractivity (Wildman–Crippen MR) is 120 cm³/mol. The van der Waals surface area contributed by atoms with Crippen LogP contribution in [0.25, 0.3) is 11.0 Å². The Labute approximate surface area is 178 Å². The number of carbonyl (C=O) groups is 1. The fourth-order valence-electron chi connectivity index (χ4n) is 3.47. The lowest BCUT2D eigenvalue weighted by molar-refractivity contribution is 0.0949. The zero-order valence-electron chi connectivity index (χ0n) is 16.4. The summed E-state index contributed by atoms with van der Waals surface area (Å²) in [5.41, 5.74) is 6.37. The van der Waals surface area contributed by atoms with Crippen LogP contribution in [0.15, 0.2) is 71.2 Å². The molecule has 0 spiro atoms. The van der Waals surface area contributed by atoms with Crippen LogP contribution in [-0.4, -0.2) is 15.5 Å². The zero-order valence-corrected chi connectivity index (χ0v) is 18.0. The molecular formula is C24H22BrN3O. The summed E-state index contributed by atoms with van der Waals surface area (Å²) in [6.07, 6.45) is 0. The lowest BCUT2D eigenvalue weighted by atomic mass is 10.1. The second kappa shape index (κ2) is 8.21. The van der Waals surface area contributed by atoms with Crippen molar-refractivity contribution in [2.75, 3.05) is 0 Å². The molecule has 0 radical (unpaired) electrons. The molecule has 5 heteroatoms. The molecule has 0 saturated carbocycles. The summed E-state index contributed by atoms with van der Waals surface area (Å²) in [6.45, 7) is 5.32. The van der Waals surface area contributed by atoms with E-state index < -0.39 is 0 Å². The van der Waals surface area contributed by atoms with Gasteiger partial charge in [0.15, 0.2) is 0 Å². The van der Waals surface area contributed by atoms with Crippen molar-refractivity contribution in [2.45, 2.75) is 26.9 Å². The van der Waals surface area contributed by atoms with Crippen LogP contribution in [0.4, 0.5) is 0 Å². The standard InChI is InChI=1S/C24H22BrN3O/c1-16-10-11-17(2)19(12-16)15-28-22-9-4-3-8-21(22)27-23(28)14-26-24(29)18-6-5-7-20(25)13-18/h3-13H,14-15H2,1-2H3,(H,26,29). The second-order valence-electron chi connectivity index (χ2n) is 7.23. The van der Waals surface area contributed by atoms with E-state index in [9.17, 15) is 4.79 Å². The predicted octanol–water partition coefficient (Wildman–Crippen LogP) is 5.39. The monoisotopic (exact) mass is 447 g/mol. The minimum atomic E-state index is -0.114. The Hall–Kier alpha value is -2.92. The number of hydrogen-bond acceptors (Lipinski definition) is 2. The molecule has 0 unspecified atom stereocenters. The zero-order chi connectivity index (χ0) is 20.4. The summed E-state index contributed by atoms with van der Waals surface area (Å²) < 4.78 is 3.07. The maximum atomic E-state index is 12.6. The molecular weight excluding hydrogens is 426 g/mol. The average Bonchev–Trinajstić information content (AvgIpc) is 3.06. The summed E-state index contributed by atoms with van der Waals surface area (Å²) in [5.74, 6) is 0.729. The highest BCUT2D eigenvalue weighted by Crippen LogP contribution is 2.20. The van der Waals surface area contributed by atoms with Crippen LogP contribution in [0.2, 0.25) is 0 Å². The summed E-state index contributed by atoms with van der Waals surface area (Å²) in [5, 5.41) is 3.01. The van der Waals surface area contributed by atoms with Gasteiger partial charge in [-0.1, -0.05) is 57.9 Å². The summed E-state index contributed by atoms with van der Waals surface area (Å²) in [7, 11) is 0. The Morgan fingerprint density at radius 3 is 2.69 bits per heavy atom. The summed E-state index contributed by atoms with van der Waals surface area (Å²) in [6, 6.07) is 22.0. The van der Waals surface area contributed by atoms with Crippen LogP contribution in [0, 0.1) is 13.8 Å². The highest BCUT2D eigenvalue weighted by atomic mass is 79.9. The minimum absolute atomic E-state index is 0.114. The van der Waals surface area contributed by atoms with Crippen LogP contribution >= 0.6 is 15.9 Å². The first-order chi connectivity index (χ1) is 14.0. The van der Waals surface area contributed by atoms with E-state index in [0.717, 1.165) is 27.9 Å². The maximum Gasteiger partial charge on any atom is 0.251 e. The van der Waals surface area contributed by atoms with Crippen molar-refractivity contribution in [1.29, 1.82) is 0 Å². The number of fused-ring (bicyclic) bond motifs is 1. The average molecular weight is 448 g/mol. The number of carbonyl (C=O) groups excluding carboxylic acids is 1. The largest absolute Gasteiger partial charge is 0.345 e. The number of nitrogens with zero attached hydrogens (tertiary/aromatic N) is 2. The Bertz CT molecular complexity index is 1200. The molecule has 3 aromatic carbocycles. The van der Waals surface area contributed by atoms with Gasteiger partial charge in [-0.15, -0.1) is 0 Å². The fourth-order valence-corrected chi connectivity index (χ4v) is 3.87. The van der Waals surface area contributed by atoms with E-state index in [0.29, 0.717) is 12.1 Å². The number of amides is 1. The number of imidazole rings is 1. The molecule has 0 fully saturated rings. The first-order valence-electron chi connectivity index (χ1n) is 9.55. The molecule has 29 heavy (non-hydrogen) atoms. The first-order valence-corrected chi connectivity index (χ1v) is 10.3. The number of benzene rings is 3. The smallest absolute Gasteiger partial charge is 0.251 e. The van der Waals surface area contributed by atoms with Crippen LogP contribution < -0.4 is 5.32 Å². The molecule has 4 rings (SSSR count). The van der Waals surface area contributed by atoms with E-state index in [-0.39, 0.29) is 5.91 Å². The number of rotatable bonds is 5. The van der Waals surface area contributed by atoms with Gasteiger partial charge in [0.2, 0.25) is 0 Å². The van der Waals surface area contributed by atoms with E-state index >= 15 is 0 Å². The normalized spacial score (nSPS) is 11.0. The Morgan fingerprint density at radius 1 is 1.03 bits per heavy atom. The van der Waals surface area contributed by atoms with Crippen molar-refractivity contribution >= 4 is 32.9 Å². The van der Waals surface area contributed by atoms with Gasteiger partial charge in [0.1, 0.15) is 5.82 Å². The second-order valence-corrected chi connectivity index (χ2v) is 8.14. The topological polar surface area (TPSA) is 46.9 Å². The van der Waals surface area contributed by atoms with Gasteiger partial charge in [-0.25, -0.2) is 4.98 Å². The van der Waals surface area contributed by atoms with Crippen molar-refractivity contribution in [1.82, 2.24) is 14.9 Å². The van der Waals surface area contributed by atoms with Gasteiger partial charge < -0.3 is 9.88 Å². The lowest BCUT2D eigenvalue weighted by Gasteiger charge is -2.13. The third-order valence-electron chi connectivity index (χ3n) is 5.06. The van der Waals surface area contributed by atoms with Gasteiger partial charge in [0, 0.05) is 16.6 Å². The molecule has 0 aliphatic heterocycles. The quantitative estimate of drug-likeness (QED) is 0.445. The van der Waals surface area contributed by atoms with E-state index in [2.05, 4.69) is 63.9 Å². The fraction of sp³-hybridized carbons (Fsp3) is 0.167. The number of halogens is 1. The van der Waals surface area contributed by atoms with Crippen LogP contribution in [0.3, 0.4) is 0 Å². The molecule has 1 heterocycles. The van der Waals surface area contributed by atoms with E-state index in [4.69, 9.17) is 4.98 Å². The molecule has 0 saturated heterocycles. The molecule has 4 nitrogen and oxygen atoms in total. The number of aryl methyl sites for hydroxylation is 2. The van der Waals surface area contributed by atoms with Crippen LogP contribution in [-0.2, 0) is 13.1 Å². The molecule has 1 amide bonds. The van der Waals surface area contributed by atoms with Crippen LogP contribution in [0.5, 0.6) is 0 Å². The third kappa shape index (κ3) is 4.25. The third-order valence-corrected chi connectivity index (χ3v) is 5.55. The molecule has 4 aromatic rings. The lowest BCUT2D eigenvalue weighted by Crippen LogP contribution is -2.25. The number of hydrogen-bond donors (Lipinski definition) is 1. The Kier molecular flexibility index (Phi) is 5.49. The summed E-state index contributed by atoms with van der Waals surface area (Å²) >= 11 is 3.41. The highest BCUT2D eigenvalue weighted by Gasteiger charge is 2.14. The number of aromatic nitrogens is 2. The van der Waals surface area contributed by atoms with Crippen molar-refractivity contribution in [3.63, 3.8) is 0 Å². The molecule has 1 aromatic heterocycles. The summed E-state index contributed by atoms with van der Waals surface area (Å²) in [4.78, 5) is 17.4. The van der Waals surface area contributed by atoms with Crippen molar-refractivity contribution in [2.24, 2.45) is 0 Å².